The highest BCUT2D eigenvalue weighted by Gasteiger charge is 2.29. The van der Waals surface area contributed by atoms with Crippen molar-refractivity contribution in [2.75, 3.05) is 19.8 Å². The first kappa shape index (κ1) is 9.45. The summed E-state index contributed by atoms with van der Waals surface area (Å²) in [5.41, 5.74) is 0. The Morgan fingerprint density at radius 3 is 3.00 bits per heavy atom. The minimum absolute atomic E-state index is 0.0220. The molecule has 70 valence electrons. The van der Waals surface area contributed by atoms with Gasteiger partial charge >= 0.3 is 5.97 Å². The van der Waals surface area contributed by atoms with Gasteiger partial charge in [0.2, 0.25) is 0 Å². The second-order valence-electron chi connectivity index (χ2n) is 3.18. The molecule has 1 fully saturated rings. The van der Waals surface area contributed by atoms with Gasteiger partial charge in [-0.3, -0.25) is 9.18 Å². The number of carbonyl (C=O) groups is 1. The van der Waals surface area contributed by atoms with Gasteiger partial charge in [-0.05, 0) is 25.3 Å². The van der Waals surface area contributed by atoms with Crippen molar-refractivity contribution in [3.05, 3.63) is 0 Å². The SMILES string of the molecule is O=C(O)C1CNCCC1CCF. The lowest BCUT2D eigenvalue weighted by Crippen LogP contribution is -2.41. The predicted octanol–water partition coefficient (Wildman–Crippen LogP) is 0.656. The van der Waals surface area contributed by atoms with Crippen LogP contribution in [0.3, 0.4) is 0 Å². The fourth-order valence-corrected chi connectivity index (χ4v) is 1.69. The molecule has 1 heterocycles. The number of carboxylic acid groups (broad SMARTS) is 1. The molecule has 2 unspecified atom stereocenters. The van der Waals surface area contributed by atoms with Crippen LogP contribution in [-0.4, -0.2) is 30.8 Å². The second kappa shape index (κ2) is 4.40. The van der Waals surface area contributed by atoms with Crippen molar-refractivity contribution in [3.63, 3.8) is 0 Å². The Morgan fingerprint density at radius 1 is 1.67 bits per heavy atom. The molecule has 4 heteroatoms. The molecule has 1 rings (SSSR count). The maximum absolute atomic E-state index is 12.0. The standard InChI is InChI=1S/C8H14FNO2/c9-3-1-6-2-4-10-5-7(6)8(11)12/h6-7,10H,1-5H2,(H,11,12). The normalized spacial score (nSPS) is 30.1. The lowest BCUT2D eigenvalue weighted by atomic mass is 9.84. The number of halogens is 1. The molecule has 2 N–H and O–H groups in total. The zero-order valence-corrected chi connectivity index (χ0v) is 6.92. The molecule has 0 bridgehead atoms. The average molecular weight is 175 g/mol. The van der Waals surface area contributed by atoms with Gasteiger partial charge in [-0.2, -0.15) is 0 Å². The lowest BCUT2D eigenvalue weighted by Gasteiger charge is -2.28. The maximum Gasteiger partial charge on any atom is 0.308 e. The number of hydrogen-bond acceptors (Lipinski definition) is 2. The molecule has 0 aromatic carbocycles. The quantitative estimate of drug-likeness (QED) is 0.662. The Morgan fingerprint density at radius 2 is 2.42 bits per heavy atom. The van der Waals surface area contributed by atoms with E-state index in [9.17, 15) is 9.18 Å². The van der Waals surface area contributed by atoms with Gasteiger partial charge in [-0.1, -0.05) is 0 Å². The molecule has 0 aromatic rings. The number of rotatable bonds is 3. The minimum Gasteiger partial charge on any atom is -0.481 e. The monoisotopic (exact) mass is 175 g/mol. The van der Waals surface area contributed by atoms with Crippen molar-refractivity contribution >= 4 is 5.97 Å². The summed E-state index contributed by atoms with van der Waals surface area (Å²) in [5.74, 6) is -1.18. The lowest BCUT2D eigenvalue weighted by molar-refractivity contribution is -0.144. The van der Waals surface area contributed by atoms with E-state index in [0.29, 0.717) is 13.0 Å². The maximum atomic E-state index is 12.0. The number of carboxylic acids is 1. The Kier molecular flexibility index (Phi) is 3.47. The van der Waals surface area contributed by atoms with Crippen LogP contribution in [0, 0.1) is 11.8 Å². The van der Waals surface area contributed by atoms with Crippen molar-refractivity contribution in [1.29, 1.82) is 0 Å². The highest BCUT2D eigenvalue weighted by Crippen LogP contribution is 2.22. The Labute approximate surface area is 71.0 Å². The van der Waals surface area contributed by atoms with Gasteiger partial charge in [-0.25, -0.2) is 0 Å². The molecule has 0 saturated carbocycles. The first-order valence-electron chi connectivity index (χ1n) is 4.25. The average Bonchev–Trinajstić information content (AvgIpc) is 2.05. The molecule has 0 amide bonds. The molecule has 0 aliphatic carbocycles. The van der Waals surface area contributed by atoms with E-state index >= 15 is 0 Å². The van der Waals surface area contributed by atoms with Crippen molar-refractivity contribution < 1.29 is 14.3 Å². The first-order chi connectivity index (χ1) is 5.75. The van der Waals surface area contributed by atoms with E-state index in [1.54, 1.807) is 0 Å². The number of nitrogens with one attached hydrogen (secondary N) is 1. The summed E-state index contributed by atoms with van der Waals surface area (Å²) < 4.78 is 12.0. The van der Waals surface area contributed by atoms with E-state index in [-0.39, 0.29) is 5.92 Å². The van der Waals surface area contributed by atoms with Crippen molar-refractivity contribution in [1.82, 2.24) is 5.32 Å². The first-order valence-corrected chi connectivity index (χ1v) is 4.25. The third-order valence-corrected chi connectivity index (χ3v) is 2.42. The van der Waals surface area contributed by atoms with Gasteiger partial charge in [-0.15, -0.1) is 0 Å². The summed E-state index contributed by atoms with van der Waals surface area (Å²) in [6.45, 7) is 0.892. The van der Waals surface area contributed by atoms with Crippen LogP contribution in [-0.2, 0) is 4.79 Å². The fourth-order valence-electron chi connectivity index (χ4n) is 1.69. The van der Waals surface area contributed by atoms with Crippen LogP contribution in [0.15, 0.2) is 0 Å². The number of piperidine rings is 1. The smallest absolute Gasteiger partial charge is 0.308 e. The molecule has 0 aromatic heterocycles. The molecule has 2 atom stereocenters. The van der Waals surface area contributed by atoms with Crippen molar-refractivity contribution in [3.8, 4) is 0 Å². The molecule has 0 spiro atoms. The highest BCUT2D eigenvalue weighted by molar-refractivity contribution is 5.70. The Balaban J connectivity index is 2.48. The second-order valence-corrected chi connectivity index (χ2v) is 3.18. The van der Waals surface area contributed by atoms with Crippen LogP contribution >= 0.6 is 0 Å². The summed E-state index contributed by atoms with van der Waals surface area (Å²) in [6, 6.07) is 0. The summed E-state index contributed by atoms with van der Waals surface area (Å²) in [4.78, 5) is 10.7. The Bertz CT molecular complexity index is 161. The third-order valence-electron chi connectivity index (χ3n) is 2.42. The molecule has 3 nitrogen and oxygen atoms in total. The van der Waals surface area contributed by atoms with Gasteiger partial charge in [0.05, 0.1) is 12.6 Å². The van der Waals surface area contributed by atoms with Gasteiger partial charge in [0.25, 0.3) is 0 Å². The predicted molar refractivity (Wildman–Crippen MR) is 42.7 cm³/mol. The van der Waals surface area contributed by atoms with Gasteiger partial charge in [0.15, 0.2) is 0 Å². The molecular weight excluding hydrogens is 161 g/mol. The van der Waals surface area contributed by atoms with Crippen LogP contribution in [0.2, 0.25) is 0 Å². The van der Waals surface area contributed by atoms with E-state index in [4.69, 9.17) is 5.11 Å². The van der Waals surface area contributed by atoms with Gasteiger partial charge in [0, 0.05) is 6.54 Å². The topological polar surface area (TPSA) is 49.3 Å². The highest BCUT2D eigenvalue weighted by atomic mass is 19.1. The van der Waals surface area contributed by atoms with Crippen LogP contribution in [0.1, 0.15) is 12.8 Å². The van der Waals surface area contributed by atoms with E-state index < -0.39 is 18.6 Å². The van der Waals surface area contributed by atoms with Crippen molar-refractivity contribution in [2.45, 2.75) is 12.8 Å². The molecule has 1 saturated heterocycles. The van der Waals surface area contributed by atoms with Gasteiger partial charge in [0.1, 0.15) is 0 Å². The fraction of sp³-hybridized carbons (Fsp3) is 0.875. The molecule has 12 heavy (non-hydrogen) atoms. The summed E-state index contributed by atoms with van der Waals surface area (Å²) in [5, 5.41) is 11.8. The van der Waals surface area contributed by atoms with Gasteiger partial charge < -0.3 is 10.4 Å². The van der Waals surface area contributed by atoms with E-state index in [1.165, 1.54) is 0 Å². The van der Waals surface area contributed by atoms with E-state index in [2.05, 4.69) is 5.32 Å². The third kappa shape index (κ3) is 2.17. The summed E-state index contributed by atoms with van der Waals surface area (Å²) >= 11 is 0. The zero-order valence-electron chi connectivity index (χ0n) is 6.92. The van der Waals surface area contributed by atoms with Crippen LogP contribution in [0.4, 0.5) is 4.39 Å². The number of alkyl halides is 1. The number of hydrogen-bond donors (Lipinski definition) is 2. The largest absolute Gasteiger partial charge is 0.481 e. The van der Waals surface area contributed by atoms with Crippen molar-refractivity contribution in [2.24, 2.45) is 11.8 Å². The zero-order chi connectivity index (χ0) is 8.97. The van der Waals surface area contributed by atoms with E-state index in [0.717, 1.165) is 13.0 Å². The summed E-state index contributed by atoms with van der Waals surface area (Å²) in [7, 11) is 0. The molecule has 1 aliphatic rings. The summed E-state index contributed by atoms with van der Waals surface area (Å²) in [6.07, 6.45) is 1.17. The molecule has 1 aliphatic heterocycles. The molecular formula is C8H14FNO2. The Hall–Kier alpha value is -0.640. The number of aliphatic carboxylic acids is 1. The van der Waals surface area contributed by atoms with Crippen LogP contribution in [0.5, 0.6) is 0 Å². The van der Waals surface area contributed by atoms with Crippen LogP contribution < -0.4 is 5.32 Å². The molecule has 0 radical (unpaired) electrons. The minimum atomic E-state index is -0.805. The van der Waals surface area contributed by atoms with Crippen LogP contribution in [0.25, 0.3) is 0 Å². The van der Waals surface area contributed by atoms with E-state index in [1.807, 2.05) is 0 Å².